The van der Waals surface area contributed by atoms with Crippen LogP contribution in [0.5, 0.6) is 0 Å². The van der Waals surface area contributed by atoms with Crippen LogP contribution in [0.1, 0.15) is 20.3 Å². The van der Waals surface area contributed by atoms with Gasteiger partial charge in [0, 0.05) is 19.3 Å². The topological polar surface area (TPSA) is 64.2 Å². The average Bonchev–Trinajstić information content (AvgIpc) is 2.60. The lowest BCUT2D eigenvalue weighted by Gasteiger charge is -2.19. The quantitative estimate of drug-likeness (QED) is 0.779. The van der Waals surface area contributed by atoms with Crippen molar-refractivity contribution in [3.8, 4) is 0 Å². The molecule has 1 heterocycles. The number of hydrogen-bond donors (Lipinski definition) is 1. The molecule has 0 fully saturated rings. The molecule has 15 heavy (non-hydrogen) atoms. The maximum atomic E-state index is 11.8. The molecule has 2 N–H and O–H groups in total. The van der Waals surface area contributed by atoms with E-state index in [1.54, 1.807) is 17.1 Å². The monoisotopic (exact) mass is 210 g/mol. The Morgan fingerprint density at radius 1 is 1.60 bits per heavy atom. The molecule has 0 unspecified atom stereocenters. The Morgan fingerprint density at radius 3 is 2.80 bits per heavy atom. The highest BCUT2D eigenvalue weighted by Gasteiger charge is 2.11. The number of likely N-dealkylation sites (N-methyl/N-ethyl adjacent to an activating group) is 1. The Balaban J connectivity index is 2.53. The summed E-state index contributed by atoms with van der Waals surface area (Å²) >= 11 is 0. The lowest BCUT2D eigenvalue weighted by Crippen LogP contribution is -2.34. The first-order valence-electron chi connectivity index (χ1n) is 5.23. The van der Waals surface area contributed by atoms with Crippen molar-refractivity contribution >= 4 is 11.6 Å². The SMILES string of the molecule is CCCN(CC)C(=O)Cn1cc(N)cn1. The van der Waals surface area contributed by atoms with Gasteiger partial charge in [0.05, 0.1) is 11.9 Å². The molecule has 5 nitrogen and oxygen atoms in total. The van der Waals surface area contributed by atoms with E-state index in [9.17, 15) is 4.79 Å². The van der Waals surface area contributed by atoms with Crippen molar-refractivity contribution in [3.63, 3.8) is 0 Å². The van der Waals surface area contributed by atoms with Crippen LogP contribution in [0.15, 0.2) is 12.4 Å². The smallest absolute Gasteiger partial charge is 0.244 e. The van der Waals surface area contributed by atoms with Gasteiger partial charge < -0.3 is 10.6 Å². The Morgan fingerprint density at radius 2 is 2.33 bits per heavy atom. The molecular weight excluding hydrogens is 192 g/mol. The van der Waals surface area contributed by atoms with Crippen molar-refractivity contribution in [2.24, 2.45) is 0 Å². The number of nitrogens with zero attached hydrogens (tertiary/aromatic N) is 3. The number of nitrogens with two attached hydrogens (primary N) is 1. The molecule has 1 rings (SSSR count). The molecule has 5 heteroatoms. The van der Waals surface area contributed by atoms with E-state index in [-0.39, 0.29) is 12.5 Å². The summed E-state index contributed by atoms with van der Waals surface area (Å²) in [5, 5.41) is 3.98. The van der Waals surface area contributed by atoms with E-state index >= 15 is 0 Å². The number of carbonyl (C=O) groups is 1. The second-order valence-corrected chi connectivity index (χ2v) is 3.44. The third-order valence-corrected chi connectivity index (χ3v) is 2.18. The van der Waals surface area contributed by atoms with Crippen LogP contribution in [-0.4, -0.2) is 33.7 Å². The molecule has 1 aromatic heterocycles. The zero-order chi connectivity index (χ0) is 11.3. The predicted octanol–water partition coefficient (Wildman–Crippen LogP) is 0.724. The van der Waals surface area contributed by atoms with Crippen LogP contribution in [0, 0.1) is 0 Å². The summed E-state index contributed by atoms with van der Waals surface area (Å²) in [6, 6.07) is 0. The minimum Gasteiger partial charge on any atom is -0.396 e. The molecule has 0 saturated heterocycles. The molecule has 0 radical (unpaired) electrons. The summed E-state index contributed by atoms with van der Waals surface area (Å²) in [6.45, 7) is 5.84. The number of aromatic nitrogens is 2. The van der Waals surface area contributed by atoms with E-state index in [1.807, 2.05) is 11.8 Å². The number of rotatable bonds is 5. The summed E-state index contributed by atoms with van der Waals surface area (Å²) in [4.78, 5) is 13.6. The first-order valence-corrected chi connectivity index (χ1v) is 5.23. The van der Waals surface area contributed by atoms with Crippen LogP contribution in [-0.2, 0) is 11.3 Å². The lowest BCUT2D eigenvalue weighted by atomic mass is 10.4. The van der Waals surface area contributed by atoms with Gasteiger partial charge in [-0.05, 0) is 13.3 Å². The fraction of sp³-hybridized carbons (Fsp3) is 0.600. The van der Waals surface area contributed by atoms with Crippen molar-refractivity contribution in [1.29, 1.82) is 0 Å². The summed E-state index contributed by atoms with van der Waals surface area (Å²) in [5.41, 5.74) is 6.10. The molecule has 0 aliphatic rings. The summed E-state index contributed by atoms with van der Waals surface area (Å²) in [6.07, 6.45) is 4.18. The standard InChI is InChI=1S/C10H18N4O/c1-3-5-13(4-2)10(15)8-14-7-9(11)6-12-14/h6-7H,3-5,8,11H2,1-2H3. The first-order chi connectivity index (χ1) is 7.17. The number of carbonyl (C=O) groups excluding carboxylic acids is 1. The number of amides is 1. The average molecular weight is 210 g/mol. The van der Waals surface area contributed by atoms with Gasteiger partial charge in [-0.25, -0.2) is 0 Å². The van der Waals surface area contributed by atoms with Crippen molar-refractivity contribution in [2.75, 3.05) is 18.8 Å². The van der Waals surface area contributed by atoms with Gasteiger partial charge in [-0.1, -0.05) is 6.92 Å². The van der Waals surface area contributed by atoms with Crippen LogP contribution in [0.3, 0.4) is 0 Å². The maximum absolute atomic E-state index is 11.8. The van der Waals surface area contributed by atoms with Crippen LogP contribution in [0.4, 0.5) is 5.69 Å². The van der Waals surface area contributed by atoms with E-state index in [4.69, 9.17) is 5.73 Å². The predicted molar refractivity (Wildman–Crippen MR) is 59.2 cm³/mol. The Bertz CT molecular complexity index is 321. The largest absolute Gasteiger partial charge is 0.396 e. The molecule has 84 valence electrons. The van der Waals surface area contributed by atoms with Gasteiger partial charge in [0.25, 0.3) is 0 Å². The van der Waals surface area contributed by atoms with E-state index in [0.717, 1.165) is 19.5 Å². The van der Waals surface area contributed by atoms with Gasteiger partial charge in [0.15, 0.2) is 0 Å². The van der Waals surface area contributed by atoms with Gasteiger partial charge in [-0.3, -0.25) is 9.48 Å². The molecule has 1 aromatic rings. The third-order valence-electron chi connectivity index (χ3n) is 2.18. The van der Waals surface area contributed by atoms with Gasteiger partial charge in [-0.15, -0.1) is 0 Å². The first kappa shape index (κ1) is 11.6. The van der Waals surface area contributed by atoms with Crippen molar-refractivity contribution in [2.45, 2.75) is 26.8 Å². The lowest BCUT2D eigenvalue weighted by molar-refractivity contribution is -0.131. The Hall–Kier alpha value is -1.52. The highest BCUT2D eigenvalue weighted by Crippen LogP contribution is 2.00. The number of hydrogen-bond acceptors (Lipinski definition) is 3. The van der Waals surface area contributed by atoms with E-state index in [1.165, 1.54) is 0 Å². The molecule has 0 aliphatic carbocycles. The van der Waals surface area contributed by atoms with Gasteiger partial charge in [-0.2, -0.15) is 5.10 Å². The van der Waals surface area contributed by atoms with Gasteiger partial charge in [0.2, 0.25) is 5.91 Å². The van der Waals surface area contributed by atoms with E-state index < -0.39 is 0 Å². The zero-order valence-corrected chi connectivity index (χ0v) is 9.31. The normalized spacial score (nSPS) is 10.3. The molecule has 0 saturated carbocycles. The van der Waals surface area contributed by atoms with Crippen LogP contribution in [0.25, 0.3) is 0 Å². The minimum atomic E-state index is 0.0856. The van der Waals surface area contributed by atoms with Crippen LogP contribution < -0.4 is 5.73 Å². The van der Waals surface area contributed by atoms with Crippen molar-refractivity contribution in [1.82, 2.24) is 14.7 Å². The highest BCUT2D eigenvalue weighted by atomic mass is 16.2. The molecule has 1 amide bonds. The maximum Gasteiger partial charge on any atom is 0.244 e. The second kappa shape index (κ2) is 5.38. The molecular formula is C10H18N4O. The Kier molecular flexibility index (Phi) is 4.15. The van der Waals surface area contributed by atoms with Gasteiger partial charge in [0.1, 0.15) is 6.54 Å². The van der Waals surface area contributed by atoms with E-state index in [2.05, 4.69) is 12.0 Å². The molecule has 0 aliphatic heterocycles. The van der Waals surface area contributed by atoms with Crippen LogP contribution >= 0.6 is 0 Å². The van der Waals surface area contributed by atoms with E-state index in [0.29, 0.717) is 5.69 Å². The van der Waals surface area contributed by atoms with Crippen molar-refractivity contribution < 1.29 is 4.79 Å². The van der Waals surface area contributed by atoms with Crippen LogP contribution in [0.2, 0.25) is 0 Å². The molecule has 0 spiro atoms. The highest BCUT2D eigenvalue weighted by molar-refractivity contribution is 5.75. The Labute approximate surface area is 89.9 Å². The number of nitrogen functional groups attached to an aromatic ring is 1. The molecule has 0 bridgehead atoms. The third kappa shape index (κ3) is 3.27. The summed E-state index contributed by atoms with van der Waals surface area (Å²) in [7, 11) is 0. The fourth-order valence-electron chi connectivity index (χ4n) is 1.43. The van der Waals surface area contributed by atoms with Crippen molar-refractivity contribution in [3.05, 3.63) is 12.4 Å². The number of anilines is 1. The molecule has 0 atom stereocenters. The van der Waals surface area contributed by atoms with Gasteiger partial charge >= 0.3 is 0 Å². The minimum absolute atomic E-state index is 0.0856. The second-order valence-electron chi connectivity index (χ2n) is 3.44. The summed E-state index contributed by atoms with van der Waals surface area (Å²) in [5.74, 6) is 0.0856. The zero-order valence-electron chi connectivity index (χ0n) is 9.31. The summed E-state index contributed by atoms with van der Waals surface area (Å²) < 4.78 is 1.57. The molecule has 0 aromatic carbocycles. The fourth-order valence-corrected chi connectivity index (χ4v) is 1.43.